The largest absolute Gasteiger partial charge is 0.353 e. The van der Waals surface area contributed by atoms with Crippen LogP contribution in [0.1, 0.15) is 37.2 Å². The lowest BCUT2D eigenvalue weighted by molar-refractivity contribution is -0.125. The first-order valence-electron chi connectivity index (χ1n) is 8.20. The fourth-order valence-electron chi connectivity index (χ4n) is 4.65. The molecule has 1 aromatic heterocycles. The molecule has 5 heteroatoms. The van der Waals surface area contributed by atoms with Gasteiger partial charge in [-0.15, -0.1) is 0 Å². The van der Waals surface area contributed by atoms with Gasteiger partial charge in [-0.2, -0.15) is 5.10 Å². The summed E-state index contributed by atoms with van der Waals surface area (Å²) < 4.78 is 1.82. The predicted molar refractivity (Wildman–Crippen MR) is 79.7 cm³/mol. The fourth-order valence-corrected chi connectivity index (χ4v) is 4.65. The van der Waals surface area contributed by atoms with E-state index in [2.05, 4.69) is 15.7 Å². The summed E-state index contributed by atoms with van der Waals surface area (Å²) in [4.78, 5) is 12.7. The Balaban J connectivity index is 1.43. The van der Waals surface area contributed by atoms with Crippen LogP contribution in [0.4, 0.5) is 0 Å². The van der Waals surface area contributed by atoms with Crippen LogP contribution >= 0.6 is 0 Å². The van der Waals surface area contributed by atoms with Gasteiger partial charge < -0.3 is 10.6 Å². The van der Waals surface area contributed by atoms with Crippen molar-refractivity contribution >= 4 is 5.91 Å². The van der Waals surface area contributed by atoms with Crippen LogP contribution < -0.4 is 10.6 Å². The second-order valence-electron chi connectivity index (χ2n) is 7.11. The summed E-state index contributed by atoms with van der Waals surface area (Å²) in [5.74, 6) is 2.17. The topological polar surface area (TPSA) is 59.0 Å². The maximum absolute atomic E-state index is 12.7. The summed E-state index contributed by atoms with van der Waals surface area (Å²) in [6.45, 7) is 1.66. The van der Waals surface area contributed by atoms with Gasteiger partial charge in [-0.1, -0.05) is 6.42 Å². The highest BCUT2D eigenvalue weighted by molar-refractivity contribution is 5.80. The molecule has 2 aliphatic carbocycles. The highest BCUT2D eigenvalue weighted by Crippen LogP contribution is 2.44. The molecular formula is C16H24N4O. The molecule has 0 aromatic carbocycles. The number of nitrogens with zero attached hydrogens (tertiary/aromatic N) is 2. The molecule has 4 rings (SSSR count). The summed E-state index contributed by atoms with van der Waals surface area (Å²) >= 11 is 0. The Morgan fingerprint density at radius 2 is 2.29 bits per heavy atom. The number of rotatable bonds is 3. The molecule has 0 spiro atoms. The van der Waals surface area contributed by atoms with E-state index in [0.717, 1.165) is 24.9 Å². The molecule has 2 heterocycles. The Hall–Kier alpha value is -1.36. The molecule has 1 aromatic rings. The molecule has 3 aliphatic rings. The maximum Gasteiger partial charge on any atom is 0.225 e. The second-order valence-corrected chi connectivity index (χ2v) is 7.11. The van der Waals surface area contributed by atoms with Gasteiger partial charge in [0, 0.05) is 38.3 Å². The number of nitrogens with one attached hydrogen (secondary N) is 2. The van der Waals surface area contributed by atoms with E-state index in [4.69, 9.17) is 0 Å². The van der Waals surface area contributed by atoms with Crippen molar-refractivity contribution in [1.29, 1.82) is 0 Å². The Labute approximate surface area is 125 Å². The second kappa shape index (κ2) is 5.13. The summed E-state index contributed by atoms with van der Waals surface area (Å²) in [6, 6.07) is 0.436. The Kier molecular flexibility index (Phi) is 3.25. The summed E-state index contributed by atoms with van der Waals surface area (Å²) in [5, 5.41) is 11.0. The minimum Gasteiger partial charge on any atom is -0.353 e. The van der Waals surface area contributed by atoms with E-state index < -0.39 is 0 Å². The van der Waals surface area contributed by atoms with Crippen molar-refractivity contribution in [2.75, 3.05) is 13.1 Å². The molecule has 5 atom stereocenters. The number of hydrogen-bond acceptors (Lipinski definition) is 3. The predicted octanol–water partition coefficient (Wildman–Crippen LogP) is 1.03. The van der Waals surface area contributed by atoms with Crippen molar-refractivity contribution in [1.82, 2.24) is 20.4 Å². The molecule has 1 aliphatic heterocycles. The third kappa shape index (κ3) is 2.37. The van der Waals surface area contributed by atoms with Crippen LogP contribution in [0.25, 0.3) is 0 Å². The van der Waals surface area contributed by atoms with Gasteiger partial charge in [0.15, 0.2) is 0 Å². The average molecular weight is 288 g/mol. The van der Waals surface area contributed by atoms with Gasteiger partial charge in [-0.3, -0.25) is 9.48 Å². The van der Waals surface area contributed by atoms with E-state index >= 15 is 0 Å². The Morgan fingerprint density at radius 1 is 1.38 bits per heavy atom. The highest BCUT2D eigenvalue weighted by Gasteiger charge is 2.42. The number of fused-ring (bicyclic) bond motifs is 2. The Bertz CT molecular complexity index is 540. The summed E-state index contributed by atoms with van der Waals surface area (Å²) in [6.07, 6.45) is 9.16. The molecule has 5 nitrogen and oxygen atoms in total. The molecule has 0 radical (unpaired) electrons. The highest BCUT2D eigenvalue weighted by atomic mass is 16.2. The first-order valence-corrected chi connectivity index (χ1v) is 8.20. The van der Waals surface area contributed by atoms with Crippen molar-refractivity contribution < 1.29 is 4.79 Å². The lowest BCUT2D eigenvalue weighted by Crippen LogP contribution is -2.43. The minimum atomic E-state index is 0.0494. The maximum atomic E-state index is 12.7. The molecule has 2 saturated carbocycles. The zero-order valence-electron chi connectivity index (χ0n) is 12.6. The zero-order valence-corrected chi connectivity index (χ0v) is 12.6. The Morgan fingerprint density at radius 3 is 2.95 bits per heavy atom. The molecule has 1 saturated heterocycles. The van der Waals surface area contributed by atoms with E-state index in [0.29, 0.717) is 6.04 Å². The van der Waals surface area contributed by atoms with Gasteiger partial charge in [-0.05, 0) is 36.7 Å². The smallest absolute Gasteiger partial charge is 0.225 e. The standard InChI is InChI=1S/C16H24N4O/c1-20-9-12(6-18-20)13-7-17-8-14(13)16(21)19-15-5-10-2-3-11(15)4-10/h6,9-11,13-15,17H,2-5,7-8H2,1H3,(H,19,21)/t10?,11?,13-,14+,15?/m1/s1. The molecule has 21 heavy (non-hydrogen) atoms. The third-order valence-electron chi connectivity index (χ3n) is 5.77. The third-order valence-corrected chi connectivity index (χ3v) is 5.77. The summed E-state index contributed by atoms with van der Waals surface area (Å²) in [7, 11) is 1.93. The van der Waals surface area contributed by atoms with E-state index in [9.17, 15) is 4.79 Å². The minimum absolute atomic E-state index is 0.0494. The van der Waals surface area contributed by atoms with Crippen LogP contribution in [0, 0.1) is 17.8 Å². The SMILES string of the molecule is Cn1cc([C@H]2CNC[C@@H]2C(=O)NC2CC3CCC2C3)cn1. The molecule has 114 valence electrons. The first kappa shape index (κ1) is 13.3. The molecule has 2 N–H and O–H groups in total. The van der Waals surface area contributed by atoms with Crippen LogP contribution in [-0.2, 0) is 11.8 Å². The lowest BCUT2D eigenvalue weighted by atomic mass is 9.89. The number of hydrogen-bond donors (Lipinski definition) is 2. The van der Waals surface area contributed by atoms with E-state index in [-0.39, 0.29) is 17.7 Å². The van der Waals surface area contributed by atoms with Crippen LogP contribution in [-0.4, -0.2) is 34.8 Å². The van der Waals surface area contributed by atoms with Crippen molar-refractivity contribution in [3.8, 4) is 0 Å². The normalized spacial score (nSPS) is 38.0. The first-order chi connectivity index (χ1) is 10.2. The zero-order chi connectivity index (χ0) is 14.4. The van der Waals surface area contributed by atoms with E-state index in [1.54, 1.807) is 0 Å². The number of aryl methyl sites for hydroxylation is 1. The van der Waals surface area contributed by atoms with Gasteiger partial charge in [-0.25, -0.2) is 0 Å². The van der Waals surface area contributed by atoms with E-state index in [1.165, 1.54) is 31.2 Å². The van der Waals surface area contributed by atoms with Gasteiger partial charge in [0.1, 0.15) is 0 Å². The van der Waals surface area contributed by atoms with Crippen LogP contribution in [0.15, 0.2) is 12.4 Å². The summed E-state index contributed by atoms with van der Waals surface area (Å²) in [5.41, 5.74) is 1.18. The number of carbonyl (C=O) groups is 1. The average Bonchev–Trinajstić information content (AvgIpc) is 3.21. The van der Waals surface area contributed by atoms with Crippen molar-refractivity contribution in [3.05, 3.63) is 18.0 Å². The van der Waals surface area contributed by atoms with Crippen LogP contribution in [0.2, 0.25) is 0 Å². The van der Waals surface area contributed by atoms with Crippen molar-refractivity contribution in [3.63, 3.8) is 0 Å². The van der Waals surface area contributed by atoms with E-state index in [1.807, 2.05) is 24.1 Å². The van der Waals surface area contributed by atoms with Crippen LogP contribution in [0.3, 0.4) is 0 Å². The monoisotopic (exact) mass is 288 g/mol. The van der Waals surface area contributed by atoms with Gasteiger partial charge in [0.25, 0.3) is 0 Å². The molecule has 1 amide bonds. The molecule has 3 fully saturated rings. The molecular weight excluding hydrogens is 264 g/mol. The van der Waals surface area contributed by atoms with Crippen molar-refractivity contribution in [2.24, 2.45) is 24.8 Å². The number of carbonyl (C=O) groups excluding carboxylic acids is 1. The lowest BCUT2D eigenvalue weighted by Gasteiger charge is -2.26. The van der Waals surface area contributed by atoms with Crippen molar-refractivity contribution in [2.45, 2.75) is 37.6 Å². The number of aromatic nitrogens is 2. The van der Waals surface area contributed by atoms with Gasteiger partial charge in [0.05, 0.1) is 12.1 Å². The van der Waals surface area contributed by atoms with Gasteiger partial charge in [0.2, 0.25) is 5.91 Å². The fraction of sp³-hybridized carbons (Fsp3) is 0.750. The molecule has 2 bridgehead atoms. The molecule has 3 unspecified atom stereocenters. The quantitative estimate of drug-likeness (QED) is 0.873. The van der Waals surface area contributed by atoms with Crippen LogP contribution in [0.5, 0.6) is 0 Å². The number of amides is 1. The van der Waals surface area contributed by atoms with Gasteiger partial charge >= 0.3 is 0 Å².